The molecule has 1 unspecified atom stereocenters. The van der Waals surface area contributed by atoms with Gasteiger partial charge < -0.3 is 19.7 Å². The first kappa shape index (κ1) is 29.3. The maximum absolute atomic E-state index is 15.9. The summed E-state index contributed by atoms with van der Waals surface area (Å²) in [7, 11) is 0. The molecule has 11 heteroatoms. The van der Waals surface area contributed by atoms with Crippen molar-refractivity contribution in [1.82, 2.24) is 14.9 Å². The largest absolute Gasteiger partial charge is 0.474 e. The minimum absolute atomic E-state index is 0.0568. The number of nitrogens with zero attached hydrogens (tertiary/aromatic N) is 4. The average Bonchev–Trinajstić information content (AvgIpc) is 3.39. The van der Waals surface area contributed by atoms with E-state index in [1.54, 1.807) is 40.0 Å². The van der Waals surface area contributed by atoms with E-state index in [9.17, 15) is 9.59 Å². The molecule has 1 fully saturated rings. The predicted octanol–water partition coefficient (Wildman–Crippen LogP) is 7.49. The molecule has 2 aromatic heterocycles. The van der Waals surface area contributed by atoms with Crippen molar-refractivity contribution in [1.29, 1.82) is 0 Å². The fourth-order valence-corrected chi connectivity index (χ4v) is 6.80. The summed E-state index contributed by atoms with van der Waals surface area (Å²) in [6.45, 7) is 8.50. The molecule has 5 heterocycles. The molecule has 2 aromatic carbocycles. The first-order valence-electron chi connectivity index (χ1n) is 15.1. The van der Waals surface area contributed by atoms with E-state index in [4.69, 9.17) is 21.1 Å². The Morgan fingerprint density at radius 1 is 1.11 bits per heavy atom. The van der Waals surface area contributed by atoms with E-state index in [0.717, 1.165) is 25.1 Å². The second-order valence-corrected chi connectivity index (χ2v) is 13.1. The summed E-state index contributed by atoms with van der Waals surface area (Å²) in [5, 5.41) is 4.47. The average molecular weight is 630 g/mol. The van der Waals surface area contributed by atoms with Gasteiger partial charge in [-0.15, -0.1) is 0 Å². The van der Waals surface area contributed by atoms with Gasteiger partial charge in [0, 0.05) is 47.6 Å². The highest BCUT2D eigenvalue weighted by Gasteiger charge is 2.36. The Bertz CT molecular complexity index is 1890. The first-order chi connectivity index (χ1) is 21.5. The van der Waals surface area contributed by atoms with Gasteiger partial charge >= 0.3 is 6.09 Å². The molecule has 0 bridgehead atoms. The van der Waals surface area contributed by atoms with Crippen molar-refractivity contribution < 1.29 is 23.5 Å². The molecule has 3 aliphatic rings. The molecule has 0 saturated carbocycles. The smallest absolute Gasteiger partial charge is 0.415 e. The second-order valence-electron chi connectivity index (χ2n) is 12.7. The monoisotopic (exact) mass is 629 g/mol. The SMILES string of the molecule is Cc1c(-c2cc3cc(Nc4ccc5c(c4)C4CCC(=O)N4CC5)ncc3c(Cl)c2F)cnc2c1N(C(=O)OC(C)(C)C)CCO2. The van der Waals surface area contributed by atoms with E-state index >= 15 is 4.39 Å². The number of pyridine rings is 2. The second kappa shape index (κ2) is 10.9. The molecule has 1 N–H and O–H groups in total. The number of benzene rings is 2. The van der Waals surface area contributed by atoms with Gasteiger partial charge in [-0.3, -0.25) is 9.69 Å². The Kier molecular flexibility index (Phi) is 7.07. The number of carbonyl (C=O) groups excluding carboxylic acids is 2. The molecule has 9 nitrogen and oxygen atoms in total. The number of nitrogens with one attached hydrogen (secondary N) is 1. The summed E-state index contributed by atoms with van der Waals surface area (Å²) in [5.41, 5.74) is 4.37. The topological polar surface area (TPSA) is 96.9 Å². The van der Waals surface area contributed by atoms with Crippen LogP contribution in [0, 0.1) is 12.7 Å². The lowest BCUT2D eigenvalue weighted by Crippen LogP contribution is -2.42. The van der Waals surface area contributed by atoms with Crippen LogP contribution in [0.1, 0.15) is 56.3 Å². The summed E-state index contributed by atoms with van der Waals surface area (Å²) in [5.74, 6) is 0.458. The molecule has 3 aliphatic heterocycles. The van der Waals surface area contributed by atoms with Crippen LogP contribution in [0.25, 0.3) is 21.9 Å². The normalized spacial score (nSPS) is 17.5. The lowest BCUT2D eigenvalue weighted by molar-refractivity contribution is -0.129. The van der Waals surface area contributed by atoms with E-state index in [-0.39, 0.29) is 41.6 Å². The van der Waals surface area contributed by atoms with Crippen LogP contribution in [0.5, 0.6) is 5.88 Å². The highest BCUT2D eigenvalue weighted by Crippen LogP contribution is 2.43. The van der Waals surface area contributed by atoms with Gasteiger partial charge in [-0.25, -0.2) is 19.2 Å². The van der Waals surface area contributed by atoms with Gasteiger partial charge in [0.15, 0.2) is 0 Å². The fraction of sp³-hybridized carbons (Fsp3) is 0.353. The lowest BCUT2D eigenvalue weighted by atomic mass is 9.92. The van der Waals surface area contributed by atoms with E-state index < -0.39 is 17.5 Å². The minimum Gasteiger partial charge on any atom is -0.474 e. The molecule has 1 saturated heterocycles. The summed E-state index contributed by atoms with van der Waals surface area (Å²) < 4.78 is 27.3. The highest BCUT2D eigenvalue weighted by atomic mass is 35.5. The fourth-order valence-electron chi connectivity index (χ4n) is 6.54. The van der Waals surface area contributed by atoms with Crippen LogP contribution >= 0.6 is 11.6 Å². The van der Waals surface area contributed by atoms with Crippen molar-refractivity contribution >= 4 is 51.6 Å². The van der Waals surface area contributed by atoms with E-state index in [0.29, 0.717) is 39.8 Å². The molecule has 0 aliphatic carbocycles. The van der Waals surface area contributed by atoms with Gasteiger partial charge in [-0.05, 0) is 86.9 Å². The van der Waals surface area contributed by atoms with Gasteiger partial charge in [0.1, 0.15) is 29.5 Å². The van der Waals surface area contributed by atoms with E-state index in [2.05, 4.69) is 27.4 Å². The molecule has 1 atom stereocenters. The third kappa shape index (κ3) is 5.20. The molecule has 4 aromatic rings. The van der Waals surface area contributed by atoms with Gasteiger partial charge in [0.25, 0.3) is 0 Å². The summed E-state index contributed by atoms with van der Waals surface area (Å²) in [4.78, 5) is 37.8. The highest BCUT2D eigenvalue weighted by molar-refractivity contribution is 6.36. The molecule has 45 heavy (non-hydrogen) atoms. The van der Waals surface area contributed by atoms with Gasteiger partial charge in [-0.1, -0.05) is 17.7 Å². The number of carbonyl (C=O) groups is 2. The Balaban J connectivity index is 1.24. The van der Waals surface area contributed by atoms with E-state index in [1.807, 2.05) is 17.0 Å². The Hall–Kier alpha value is -4.44. The number of anilines is 3. The summed E-state index contributed by atoms with van der Waals surface area (Å²) in [6.07, 6.45) is 4.82. The van der Waals surface area contributed by atoms with Crippen LogP contribution < -0.4 is 15.0 Å². The Morgan fingerprint density at radius 2 is 1.93 bits per heavy atom. The van der Waals surface area contributed by atoms with Crippen LogP contribution in [0.3, 0.4) is 0 Å². The van der Waals surface area contributed by atoms with Crippen molar-refractivity contribution in [2.24, 2.45) is 0 Å². The van der Waals surface area contributed by atoms with Crippen LogP contribution in [0.15, 0.2) is 42.7 Å². The van der Waals surface area contributed by atoms with Gasteiger partial charge in [0.2, 0.25) is 11.8 Å². The van der Waals surface area contributed by atoms with Crippen molar-refractivity contribution in [3.05, 3.63) is 70.3 Å². The number of halogens is 2. The molecule has 2 amide bonds. The van der Waals surface area contributed by atoms with Crippen LogP contribution in [-0.2, 0) is 16.0 Å². The summed E-state index contributed by atoms with van der Waals surface area (Å²) in [6, 6.07) is 9.88. The summed E-state index contributed by atoms with van der Waals surface area (Å²) >= 11 is 6.59. The zero-order chi connectivity index (χ0) is 31.6. The van der Waals surface area contributed by atoms with Crippen LogP contribution in [-0.4, -0.2) is 52.2 Å². The van der Waals surface area contributed by atoms with Gasteiger partial charge in [0.05, 0.1) is 17.6 Å². The first-order valence-corrected chi connectivity index (χ1v) is 15.5. The minimum atomic E-state index is -0.693. The zero-order valence-corrected chi connectivity index (χ0v) is 26.3. The van der Waals surface area contributed by atoms with Crippen LogP contribution in [0.2, 0.25) is 5.02 Å². The number of ether oxygens (including phenoxy) is 2. The maximum Gasteiger partial charge on any atom is 0.415 e. The number of amides is 2. The zero-order valence-electron chi connectivity index (χ0n) is 25.5. The van der Waals surface area contributed by atoms with Gasteiger partial charge in [-0.2, -0.15) is 0 Å². The quantitative estimate of drug-likeness (QED) is 0.251. The predicted molar refractivity (Wildman–Crippen MR) is 171 cm³/mol. The van der Waals surface area contributed by atoms with Crippen molar-refractivity contribution in [3.63, 3.8) is 0 Å². The third-order valence-electron chi connectivity index (χ3n) is 8.63. The molecular formula is C34H33ClFN5O4. The van der Waals surface area contributed by atoms with Crippen LogP contribution in [0.4, 0.5) is 26.4 Å². The third-order valence-corrected chi connectivity index (χ3v) is 9.00. The Labute approximate surface area is 265 Å². The van der Waals surface area contributed by atoms with Crippen molar-refractivity contribution in [3.8, 4) is 17.0 Å². The Morgan fingerprint density at radius 3 is 2.73 bits per heavy atom. The van der Waals surface area contributed by atoms with E-state index in [1.165, 1.54) is 22.2 Å². The maximum atomic E-state index is 15.9. The number of fused-ring (bicyclic) bond motifs is 5. The molecule has 0 spiro atoms. The molecular weight excluding hydrogens is 597 g/mol. The standard InChI is InChI=1S/C34H33ClFN5O4/c1-18-24(16-38-32-31(18)41(11-12-44-32)33(43)45-34(2,3)4)23-13-20-14-27(37-17-25(20)29(35)30(23)36)39-21-6-5-19-9-10-40-26(22(19)15-21)7-8-28(40)42/h5-6,13-17,26H,7-12H2,1-4H3,(H,37,39). The molecule has 232 valence electrons. The number of rotatable bonds is 3. The molecule has 7 rings (SSSR count). The lowest BCUT2D eigenvalue weighted by Gasteiger charge is -2.32. The number of aromatic nitrogens is 2. The van der Waals surface area contributed by atoms with Crippen molar-refractivity contribution in [2.45, 2.75) is 58.6 Å². The van der Waals surface area contributed by atoms with Crippen molar-refractivity contribution in [2.75, 3.05) is 29.9 Å². The molecule has 0 radical (unpaired) electrons. The number of hydrogen-bond donors (Lipinski definition) is 1. The number of hydrogen-bond acceptors (Lipinski definition) is 7.